The first kappa shape index (κ1) is 10.4. The summed E-state index contributed by atoms with van der Waals surface area (Å²) < 4.78 is 0. The molecule has 0 amide bonds. The van der Waals surface area contributed by atoms with Gasteiger partial charge in [0.05, 0.1) is 0 Å². The molecule has 14 heavy (non-hydrogen) atoms. The Balaban J connectivity index is 1.57. The molecular weight excluding hydrogens is 172 g/mol. The van der Waals surface area contributed by atoms with Crippen molar-refractivity contribution in [3.63, 3.8) is 0 Å². The molecule has 2 rings (SSSR count). The van der Waals surface area contributed by atoms with E-state index in [1.165, 1.54) is 58.3 Å². The SMILES string of the molecule is CCCNCCN(CC1CC1)C1CC1. The minimum Gasteiger partial charge on any atom is -0.315 e. The molecule has 82 valence electrons. The van der Waals surface area contributed by atoms with Crippen LogP contribution in [0.2, 0.25) is 0 Å². The molecule has 0 saturated heterocycles. The third-order valence-corrected chi connectivity index (χ3v) is 3.26. The summed E-state index contributed by atoms with van der Waals surface area (Å²) in [5, 5.41) is 3.50. The number of nitrogens with zero attached hydrogens (tertiary/aromatic N) is 1. The molecule has 2 nitrogen and oxygen atoms in total. The van der Waals surface area contributed by atoms with Crippen LogP contribution in [0.3, 0.4) is 0 Å². The van der Waals surface area contributed by atoms with Crippen molar-refractivity contribution in [2.45, 2.75) is 45.1 Å². The number of rotatable bonds is 8. The van der Waals surface area contributed by atoms with Gasteiger partial charge in [-0.2, -0.15) is 0 Å². The van der Waals surface area contributed by atoms with Gasteiger partial charge in [-0.3, -0.25) is 4.90 Å². The first-order chi connectivity index (χ1) is 6.90. The summed E-state index contributed by atoms with van der Waals surface area (Å²) in [6, 6.07) is 0.957. The van der Waals surface area contributed by atoms with Crippen LogP contribution in [0.15, 0.2) is 0 Å². The van der Waals surface area contributed by atoms with E-state index in [0.29, 0.717) is 0 Å². The van der Waals surface area contributed by atoms with E-state index < -0.39 is 0 Å². The molecule has 0 heterocycles. The lowest BCUT2D eigenvalue weighted by Gasteiger charge is -2.21. The van der Waals surface area contributed by atoms with Gasteiger partial charge in [0.25, 0.3) is 0 Å². The van der Waals surface area contributed by atoms with Gasteiger partial charge in [-0.25, -0.2) is 0 Å². The van der Waals surface area contributed by atoms with Crippen LogP contribution in [0.25, 0.3) is 0 Å². The maximum Gasteiger partial charge on any atom is 0.0110 e. The molecule has 2 fully saturated rings. The zero-order valence-corrected chi connectivity index (χ0v) is 9.47. The van der Waals surface area contributed by atoms with Crippen molar-refractivity contribution < 1.29 is 0 Å². The normalized spacial score (nSPS) is 21.9. The summed E-state index contributed by atoms with van der Waals surface area (Å²) in [4.78, 5) is 2.72. The van der Waals surface area contributed by atoms with Gasteiger partial charge in [-0.05, 0) is 44.6 Å². The van der Waals surface area contributed by atoms with Gasteiger partial charge in [0.15, 0.2) is 0 Å². The molecule has 2 saturated carbocycles. The van der Waals surface area contributed by atoms with Crippen LogP contribution in [-0.4, -0.2) is 37.1 Å². The molecule has 0 bridgehead atoms. The van der Waals surface area contributed by atoms with E-state index in [9.17, 15) is 0 Å². The lowest BCUT2D eigenvalue weighted by Crippen LogP contribution is -2.35. The molecule has 0 aromatic rings. The van der Waals surface area contributed by atoms with E-state index in [1.807, 2.05) is 0 Å². The van der Waals surface area contributed by atoms with Crippen molar-refractivity contribution in [2.24, 2.45) is 5.92 Å². The maximum atomic E-state index is 3.50. The largest absolute Gasteiger partial charge is 0.315 e. The van der Waals surface area contributed by atoms with Gasteiger partial charge in [0, 0.05) is 25.7 Å². The summed E-state index contributed by atoms with van der Waals surface area (Å²) in [6.45, 7) is 7.27. The van der Waals surface area contributed by atoms with Gasteiger partial charge >= 0.3 is 0 Å². The fourth-order valence-electron chi connectivity index (χ4n) is 2.02. The van der Waals surface area contributed by atoms with Crippen molar-refractivity contribution in [3.05, 3.63) is 0 Å². The van der Waals surface area contributed by atoms with E-state index in [0.717, 1.165) is 12.0 Å². The molecule has 0 atom stereocenters. The molecule has 0 radical (unpaired) electrons. The van der Waals surface area contributed by atoms with E-state index >= 15 is 0 Å². The van der Waals surface area contributed by atoms with Gasteiger partial charge in [-0.1, -0.05) is 6.92 Å². The summed E-state index contributed by atoms with van der Waals surface area (Å²) in [6.07, 6.45) is 7.16. The second-order valence-corrected chi connectivity index (χ2v) is 4.92. The Morgan fingerprint density at radius 3 is 2.50 bits per heavy atom. The van der Waals surface area contributed by atoms with Gasteiger partial charge in [-0.15, -0.1) is 0 Å². The highest BCUT2D eigenvalue weighted by molar-refractivity contribution is 4.88. The first-order valence-electron chi connectivity index (χ1n) is 6.35. The Bertz CT molecular complexity index is 162. The van der Waals surface area contributed by atoms with E-state index in [4.69, 9.17) is 0 Å². The van der Waals surface area contributed by atoms with Crippen molar-refractivity contribution in [1.29, 1.82) is 0 Å². The fourth-order valence-corrected chi connectivity index (χ4v) is 2.02. The summed E-state index contributed by atoms with van der Waals surface area (Å²) >= 11 is 0. The average molecular weight is 196 g/mol. The minimum absolute atomic E-state index is 0.957. The van der Waals surface area contributed by atoms with Crippen LogP contribution in [0, 0.1) is 5.92 Å². The van der Waals surface area contributed by atoms with Crippen molar-refractivity contribution in [1.82, 2.24) is 10.2 Å². The molecule has 1 N–H and O–H groups in total. The Labute approximate surface area is 88.1 Å². The average Bonchev–Trinajstić information content (AvgIpc) is 3.02. The molecule has 0 spiro atoms. The van der Waals surface area contributed by atoms with Crippen molar-refractivity contribution >= 4 is 0 Å². The Kier molecular flexibility index (Phi) is 3.82. The smallest absolute Gasteiger partial charge is 0.0110 e. The summed E-state index contributed by atoms with van der Waals surface area (Å²) in [5.74, 6) is 1.06. The lowest BCUT2D eigenvalue weighted by molar-refractivity contribution is 0.252. The van der Waals surface area contributed by atoms with Gasteiger partial charge in [0.1, 0.15) is 0 Å². The Hall–Kier alpha value is -0.0800. The first-order valence-corrected chi connectivity index (χ1v) is 6.35. The minimum atomic E-state index is 0.957. The standard InChI is InChI=1S/C12H24N2/c1-2-7-13-8-9-14(12-5-6-12)10-11-3-4-11/h11-13H,2-10H2,1H3. The molecule has 2 aliphatic rings. The predicted octanol–water partition coefficient (Wildman–Crippen LogP) is 1.86. The molecule has 2 aliphatic carbocycles. The van der Waals surface area contributed by atoms with Crippen molar-refractivity contribution in [2.75, 3.05) is 26.2 Å². The molecule has 0 aromatic heterocycles. The zero-order valence-electron chi connectivity index (χ0n) is 9.47. The Morgan fingerprint density at radius 1 is 1.14 bits per heavy atom. The molecule has 2 heteroatoms. The van der Waals surface area contributed by atoms with Gasteiger partial charge in [0.2, 0.25) is 0 Å². The molecule has 0 aromatic carbocycles. The number of hydrogen-bond acceptors (Lipinski definition) is 2. The highest BCUT2D eigenvalue weighted by atomic mass is 15.2. The van der Waals surface area contributed by atoms with E-state index in [-0.39, 0.29) is 0 Å². The molecule has 0 unspecified atom stereocenters. The topological polar surface area (TPSA) is 15.3 Å². The molecular formula is C12H24N2. The van der Waals surface area contributed by atoms with Crippen molar-refractivity contribution in [3.8, 4) is 0 Å². The monoisotopic (exact) mass is 196 g/mol. The number of nitrogens with one attached hydrogen (secondary N) is 1. The van der Waals surface area contributed by atoms with Crippen LogP contribution in [0.5, 0.6) is 0 Å². The summed E-state index contributed by atoms with van der Waals surface area (Å²) in [5.41, 5.74) is 0. The summed E-state index contributed by atoms with van der Waals surface area (Å²) in [7, 11) is 0. The quantitative estimate of drug-likeness (QED) is 0.596. The third-order valence-electron chi connectivity index (χ3n) is 3.26. The van der Waals surface area contributed by atoms with E-state index in [2.05, 4.69) is 17.1 Å². The highest BCUT2D eigenvalue weighted by Gasteiger charge is 2.32. The second kappa shape index (κ2) is 5.13. The van der Waals surface area contributed by atoms with Crippen LogP contribution in [0.4, 0.5) is 0 Å². The highest BCUT2D eigenvalue weighted by Crippen LogP contribution is 2.34. The third kappa shape index (κ3) is 3.58. The maximum absolute atomic E-state index is 3.50. The van der Waals surface area contributed by atoms with Crippen LogP contribution in [-0.2, 0) is 0 Å². The lowest BCUT2D eigenvalue weighted by atomic mass is 10.3. The number of hydrogen-bond donors (Lipinski definition) is 1. The van der Waals surface area contributed by atoms with Crippen LogP contribution in [0.1, 0.15) is 39.0 Å². The zero-order chi connectivity index (χ0) is 9.80. The van der Waals surface area contributed by atoms with Gasteiger partial charge < -0.3 is 5.32 Å². The predicted molar refractivity (Wildman–Crippen MR) is 60.5 cm³/mol. The van der Waals surface area contributed by atoms with Crippen LogP contribution < -0.4 is 5.32 Å². The fraction of sp³-hybridized carbons (Fsp3) is 1.00. The Morgan fingerprint density at radius 2 is 1.93 bits per heavy atom. The van der Waals surface area contributed by atoms with E-state index in [1.54, 1.807) is 0 Å². The molecule has 0 aliphatic heterocycles. The van der Waals surface area contributed by atoms with Crippen LogP contribution >= 0.6 is 0 Å². The second-order valence-electron chi connectivity index (χ2n) is 4.92.